The normalized spacial score (nSPS) is 28.4. The van der Waals surface area contributed by atoms with Crippen LogP contribution < -0.4 is 11.3 Å². The van der Waals surface area contributed by atoms with Gasteiger partial charge in [0.2, 0.25) is 5.95 Å². The Kier molecular flexibility index (Phi) is 1.74. The number of nitrogens with two attached hydrogens (primary N) is 1. The Hall–Kier alpha value is -2.38. The average molecular weight is 261 g/mol. The Morgan fingerprint density at radius 3 is 3.11 bits per heavy atom. The maximum absolute atomic E-state index is 11.8. The second kappa shape index (κ2) is 3.14. The van der Waals surface area contributed by atoms with Crippen molar-refractivity contribution in [2.75, 3.05) is 12.3 Å². The van der Waals surface area contributed by atoms with Gasteiger partial charge in [0.15, 0.2) is 11.2 Å². The van der Waals surface area contributed by atoms with E-state index in [0.717, 1.165) is 6.42 Å². The van der Waals surface area contributed by atoms with Gasteiger partial charge in [-0.1, -0.05) is 0 Å². The van der Waals surface area contributed by atoms with Crippen LogP contribution in [0.25, 0.3) is 11.2 Å². The fourth-order valence-corrected chi connectivity index (χ4v) is 2.82. The topological polar surface area (TPSA) is 116 Å². The molecule has 98 valence electrons. The number of aromatic nitrogens is 4. The van der Waals surface area contributed by atoms with Crippen molar-refractivity contribution in [3.63, 3.8) is 0 Å². The second-order valence-electron chi connectivity index (χ2n) is 5.15. The molecule has 8 heteroatoms. The van der Waals surface area contributed by atoms with Crippen LogP contribution in [0.5, 0.6) is 0 Å². The molecule has 1 aliphatic heterocycles. The highest BCUT2D eigenvalue weighted by atomic mass is 16.5. The van der Waals surface area contributed by atoms with Crippen molar-refractivity contribution >= 4 is 23.1 Å². The molecule has 0 amide bonds. The van der Waals surface area contributed by atoms with Crippen molar-refractivity contribution in [3.8, 4) is 0 Å². The first-order chi connectivity index (χ1) is 9.10. The van der Waals surface area contributed by atoms with Gasteiger partial charge in [0.1, 0.15) is 0 Å². The van der Waals surface area contributed by atoms with Gasteiger partial charge in [-0.15, -0.1) is 0 Å². The largest absolute Gasteiger partial charge is 0.465 e. The molecule has 1 saturated carbocycles. The molecule has 3 N–H and O–H groups in total. The number of nitrogen functional groups attached to an aromatic ring is 1. The van der Waals surface area contributed by atoms with Crippen molar-refractivity contribution in [1.29, 1.82) is 0 Å². The van der Waals surface area contributed by atoms with Crippen molar-refractivity contribution in [3.05, 3.63) is 16.7 Å². The number of cyclic esters (lactones) is 1. The van der Waals surface area contributed by atoms with Gasteiger partial charge in [0.05, 0.1) is 18.3 Å². The van der Waals surface area contributed by atoms with Gasteiger partial charge in [-0.05, 0) is 6.42 Å². The molecule has 2 fully saturated rings. The molecular weight excluding hydrogens is 250 g/mol. The van der Waals surface area contributed by atoms with Gasteiger partial charge in [0, 0.05) is 12.5 Å². The number of nitrogens with one attached hydrogen (secondary N) is 1. The number of H-pyrrole nitrogens is 1. The summed E-state index contributed by atoms with van der Waals surface area (Å²) in [6.07, 6.45) is 2.34. The van der Waals surface area contributed by atoms with Crippen LogP contribution in [0.3, 0.4) is 0 Å². The lowest BCUT2D eigenvalue weighted by Gasteiger charge is -2.10. The van der Waals surface area contributed by atoms with Gasteiger partial charge < -0.3 is 15.0 Å². The summed E-state index contributed by atoms with van der Waals surface area (Å²) < 4.78 is 6.74. The first-order valence-electron chi connectivity index (χ1n) is 5.98. The van der Waals surface area contributed by atoms with E-state index in [-0.39, 0.29) is 28.9 Å². The lowest BCUT2D eigenvalue weighted by atomic mass is 10.1. The number of hydrogen-bond acceptors (Lipinski definition) is 6. The Bertz CT molecular complexity index is 763. The molecule has 0 spiro atoms. The maximum Gasteiger partial charge on any atom is 0.314 e. The van der Waals surface area contributed by atoms with Crippen molar-refractivity contribution in [2.45, 2.75) is 13.0 Å². The fourth-order valence-electron chi connectivity index (χ4n) is 2.82. The van der Waals surface area contributed by atoms with E-state index >= 15 is 0 Å². The van der Waals surface area contributed by atoms with E-state index in [2.05, 4.69) is 15.0 Å². The summed E-state index contributed by atoms with van der Waals surface area (Å²) in [5, 5.41) is 0. The minimum atomic E-state index is -0.452. The third-order valence-corrected chi connectivity index (χ3v) is 4.00. The first-order valence-corrected chi connectivity index (χ1v) is 5.98. The van der Waals surface area contributed by atoms with Gasteiger partial charge in [-0.3, -0.25) is 14.6 Å². The summed E-state index contributed by atoms with van der Waals surface area (Å²) in [6.45, 7) is 0.921. The van der Waals surface area contributed by atoms with E-state index < -0.39 is 5.41 Å². The van der Waals surface area contributed by atoms with Crippen molar-refractivity contribution < 1.29 is 9.53 Å². The maximum atomic E-state index is 11.8. The highest BCUT2D eigenvalue weighted by Crippen LogP contribution is 2.58. The van der Waals surface area contributed by atoms with Crippen LogP contribution in [0.4, 0.5) is 5.95 Å². The molecule has 2 aliphatic rings. The fraction of sp³-hybridized carbons (Fsp3) is 0.455. The van der Waals surface area contributed by atoms with Crippen LogP contribution in [0.15, 0.2) is 11.1 Å². The number of ether oxygens (including phenoxy) is 1. The zero-order valence-corrected chi connectivity index (χ0v) is 9.92. The van der Waals surface area contributed by atoms with Crippen molar-refractivity contribution in [1.82, 2.24) is 19.5 Å². The number of nitrogens with zero attached hydrogens (tertiary/aromatic N) is 3. The molecule has 3 heterocycles. The van der Waals surface area contributed by atoms with E-state index in [0.29, 0.717) is 18.8 Å². The van der Waals surface area contributed by atoms with E-state index in [1.807, 2.05) is 0 Å². The monoisotopic (exact) mass is 261 g/mol. The number of esters is 1. The molecule has 4 rings (SSSR count). The number of rotatable bonds is 2. The van der Waals surface area contributed by atoms with Crippen LogP contribution in [-0.2, 0) is 16.1 Å². The van der Waals surface area contributed by atoms with Crippen LogP contribution in [0, 0.1) is 11.3 Å². The minimum Gasteiger partial charge on any atom is -0.465 e. The summed E-state index contributed by atoms with van der Waals surface area (Å²) in [6, 6.07) is 0. The molecule has 1 saturated heterocycles. The average Bonchev–Trinajstić information content (AvgIpc) is 2.79. The van der Waals surface area contributed by atoms with Gasteiger partial charge in [0.25, 0.3) is 5.56 Å². The summed E-state index contributed by atoms with van der Waals surface area (Å²) in [5.74, 6) is 0.145. The molecule has 2 aromatic rings. The highest BCUT2D eigenvalue weighted by Gasteiger charge is 2.66. The molecule has 2 aromatic heterocycles. The second-order valence-corrected chi connectivity index (χ2v) is 5.15. The molecule has 2 unspecified atom stereocenters. The van der Waals surface area contributed by atoms with Gasteiger partial charge in [-0.25, -0.2) is 4.98 Å². The minimum absolute atomic E-state index is 0.0399. The Morgan fingerprint density at radius 1 is 1.58 bits per heavy atom. The molecule has 19 heavy (non-hydrogen) atoms. The molecule has 8 nitrogen and oxygen atoms in total. The number of fused-ring (bicyclic) bond motifs is 2. The zero-order chi connectivity index (χ0) is 13.2. The first kappa shape index (κ1) is 10.5. The number of imidazole rings is 1. The number of hydrogen-bond donors (Lipinski definition) is 2. The van der Waals surface area contributed by atoms with E-state index in [1.54, 1.807) is 4.57 Å². The zero-order valence-electron chi connectivity index (χ0n) is 9.92. The summed E-state index contributed by atoms with van der Waals surface area (Å²) in [4.78, 5) is 33.9. The lowest BCUT2D eigenvalue weighted by molar-refractivity contribution is -0.145. The van der Waals surface area contributed by atoms with Gasteiger partial charge >= 0.3 is 5.97 Å². The molecular formula is C11H11N5O3. The van der Waals surface area contributed by atoms with Gasteiger partial charge in [-0.2, -0.15) is 4.98 Å². The lowest BCUT2D eigenvalue weighted by Crippen LogP contribution is -2.21. The predicted octanol–water partition coefficient (Wildman–Crippen LogP) is -0.735. The number of aromatic amines is 1. The molecule has 0 aromatic carbocycles. The molecule has 0 radical (unpaired) electrons. The number of carbonyl (C=O) groups excluding carboxylic acids is 1. The van der Waals surface area contributed by atoms with Crippen LogP contribution in [-0.4, -0.2) is 32.1 Å². The van der Waals surface area contributed by atoms with Crippen LogP contribution >= 0.6 is 0 Å². The quantitative estimate of drug-likeness (QED) is 0.688. The standard InChI is InChI=1S/C11H11N5O3/c12-10-14-7-6(8(17)15-10)13-4-16(7)3-11-1-5(11)2-19-9(11)18/h4-5H,1-3H2,(H3,12,14,15,17). The Balaban J connectivity index is 1.81. The Morgan fingerprint density at radius 2 is 2.42 bits per heavy atom. The van der Waals surface area contributed by atoms with E-state index in [4.69, 9.17) is 10.5 Å². The third-order valence-electron chi connectivity index (χ3n) is 4.00. The van der Waals surface area contributed by atoms with E-state index in [9.17, 15) is 9.59 Å². The van der Waals surface area contributed by atoms with Crippen LogP contribution in [0.1, 0.15) is 6.42 Å². The molecule has 2 atom stereocenters. The number of carbonyl (C=O) groups is 1. The van der Waals surface area contributed by atoms with E-state index in [1.165, 1.54) is 6.33 Å². The van der Waals surface area contributed by atoms with Crippen LogP contribution in [0.2, 0.25) is 0 Å². The number of anilines is 1. The summed E-state index contributed by atoms with van der Waals surface area (Å²) >= 11 is 0. The van der Waals surface area contributed by atoms with Crippen molar-refractivity contribution in [2.24, 2.45) is 11.3 Å². The summed E-state index contributed by atoms with van der Waals surface area (Å²) in [5.41, 5.74) is 5.34. The SMILES string of the molecule is Nc1nc2c(ncn2CC23CC2COC3=O)c(=O)[nH]1. The Labute approximate surface area is 106 Å². The predicted molar refractivity (Wildman–Crippen MR) is 64.1 cm³/mol. The third kappa shape index (κ3) is 1.28. The highest BCUT2D eigenvalue weighted by molar-refractivity contribution is 5.83. The molecule has 0 bridgehead atoms. The smallest absolute Gasteiger partial charge is 0.314 e. The molecule has 1 aliphatic carbocycles. The summed E-state index contributed by atoms with van der Waals surface area (Å²) in [7, 11) is 0.